The highest BCUT2D eigenvalue weighted by atomic mass is 32.2. The highest BCUT2D eigenvalue weighted by Gasteiger charge is 2.30. The maximum absolute atomic E-state index is 12.2. The minimum Gasteiger partial charge on any atom is -0.493 e. The van der Waals surface area contributed by atoms with E-state index in [2.05, 4.69) is 0 Å². The Morgan fingerprint density at radius 3 is 2.68 bits per heavy atom. The molecule has 0 unspecified atom stereocenters. The Morgan fingerprint density at radius 2 is 2.14 bits per heavy atom. The predicted octanol–water partition coefficient (Wildman–Crippen LogP) is 2.84. The van der Waals surface area contributed by atoms with Crippen LogP contribution in [0.25, 0.3) is 6.08 Å². The molecule has 2 rings (SSSR count). The van der Waals surface area contributed by atoms with E-state index in [1.165, 1.54) is 25.8 Å². The van der Waals surface area contributed by atoms with E-state index < -0.39 is 5.97 Å². The van der Waals surface area contributed by atoms with Crippen molar-refractivity contribution in [3.8, 4) is 11.5 Å². The highest BCUT2D eigenvalue weighted by Crippen LogP contribution is 2.34. The number of carbonyl (C=O) groups excluding carboxylic acids is 2. The van der Waals surface area contributed by atoms with Gasteiger partial charge in [-0.2, -0.15) is 0 Å². The smallest absolute Gasteiger partial charge is 0.308 e. The zero-order chi connectivity index (χ0) is 16.3. The summed E-state index contributed by atoms with van der Waals surface area (Å²) in [6, 6.07) is 5.09. The molecule has 0 spiro atoms. The fourth-order valence-corrected chi connectivity index (χ4v) is 3.32. The van der Waals surface area contributed by atoms with E-state index in [-0.39, 0.29) is 5.91 Å². The molecule has 1 saturated heterocycles. The summed E-state index contributed by atoms with van der Waals surface area (Å²) in [6.07, 6.45) is 1.75. The van der Waals surface area contributed by atoms with Crippen LogP contribution in [-0.2, 0) is 9.59 Å². The summed E-state index contributed by atoms with van der Waals surface area (Å²) >= 11 is 6.44. The molecule has 0 radical (unpaired) electrons. The van der Waals surface area contributed by atoms with Gasteiger partial charge in [0.1, 0.15) is 4.32 Å². The standard InChI is InChI=1S/C15H15NO4S2/c1-4-16-14(18)13(22-15(16)21)8-10-5-6-11(20-9(2)17)12(7-10)19-3/h5-8H,4H2,1-3H3/b13-8+. The maximum Gasteiger partial charge on any atom is 0.308 e. The summed E-state index contributed by atoms with van der Waals surface area (Å²) < 4.78 is 10.8. The number of methoxy groups -OCH3 is 1. The minimum atomic E-state index is -0.421. The first-order valence-electron chi connectivity index (χ1n) is 6.58. The van der Waals surface area contributed by atoms with E-state index in [9.17, 15) is 9.59 Å². The molecule has 1 heterocycles. The summed E-state index contributed by atoms with van der Waals surface area (Å²) in [5.74, 6) is 0.249. The predicted molar refractivity (Wildman–Crippen MR) is 89.9 cm³/mol. The zero-order valence-corrected chi connectivity index (χ0v) is 14.0. The van der Waals surface area contributed by atoms with E-state index in [4.69, 9.17) is 21.7 Å². The number of nitrogens with zero attached hydrogens (tertiary/aromatic N) is 1. The molecular weight excluding hydrogens is 322 g/mol. The Kier molecular flexibility index (Phi) is 5.20. The molecule has 0 saturated carbocycles. The maximum atomic E-state index is 12.2. The summed E-state index contributed by atoms with van der Waals surface area (Å²) in [7, 11) is 1.49. The molecule has 0 aliphatic carbocycles. The third kappa shape index (κ3) is 3.48. The number of thiocarbonyl (C=S) groups is 1. The molecule has 1 fully saturated rings. The molecule has 1 aromatic carbocycles. The van der Waals surface area contributed by atoms with Crippen molar-refractivity contribution in [1.29, 1.82) is 0 Å². The van der Waals surface area contributed by atoms with Gasteiger partial charge in [0.05, 0.1) is 12.0 Å². The van der Waals surface area contributed by atoms with Crippen LogP contribution in [-0.4, -0.2) is 34.8 Å². The van der Waals surface area contributed by atoms with Crippen LogP contribution in [0.15, 0.2) is 23.1 Å². The lowest BCUT2D eigenvalue weighted by molar-refractivity contribution is -0.132. The van der Waals surface area contributed by atoms with E-state index >= 15 is 0 Å². The Morgan fingerprint density at radius 1 is 1.41 bits per heavy atom. The second kappa shape index (κ2) is 6.93. The van der Waals surface area contributed by atoms with E-state index in [0.717, 1.165) is 5.56 Å². The summed E-state index contributed by atoms with van der Waals surface area (Å²) in [6.45, 7) is 3.75. The number of ether oxygens (including phenoxy) is 2. The second-order valence-corrected chi connectivity index (χ2v) is 6.11. The van der Waals surface area contributed by atoms with E-state index in [0.29, 0.717) is 27.3 Å². The summed E-state index contributed by atoms with van der Waals surface area (Å²) in [5.41, 5.74) is 0.768. The van der Waals surface area contributed by atoms with Crippen LogP contribution in [0.1, 0.15) is 19.4 Å². The molecular formula is C15H15NO4S2. The molecule has 7 heteroatoms. The Labute approximate surface area is 138 Å². The first-order valence-corrected chi connectivity index (χ1v) is 7.80. The molecule has 0 aromatic heterocycles. The number of esters is 1. The van der Waals surface area contributed by atoms with Gasteiger partial charge in [-0.15, -0.1) is 0 Å². The molecule has 1 aliphatic heterocycles. The molecule has 1 aromatic rings. The number of hydrogen-bond acceptors (Lipinski definition) is 6. The Bertz CT molecular complexity index is 670. The van der Waals surface area contributed by atoms with E-state index in [1.54, 1.807) is 29.2 Å². The number of hydrogen-bond donors (Lipinski definition) is 0. The van der Waals surface area contributed by atoms with Crippen LogP contribution in [0.2, 0.25) is 0 Å². The van der Waals surface area contributed by atoms with Gasteiger partial charge in [0, 0.05) is 13.5 Å². The van der Waals surface area contributed by atoms with Gasteiger partial charge in [-0.3, -0.25) is 14.5 Å². The minimum absolute atomic E-state index is 0.0967. The van der Waals surface area contributed by atoms with Gasteiger partial charge in [0.25, 0.3) is 5.91 Å². The fourth-order valence-electron chi connectivity index (χ4n) is 1.94. The van der Waals surface area contributed by atoms with Crippen molar-refractivity contribution in [2.24, 2.45) is 0 Å². The third-order valence-electron chi connectivity index (χ3n) is 2.93. The Balaban J connectivity index is 2.31. The lowest BCUT2D eigenvalue weighted by Gasteiger charge is -2.10. The lowest BCUT2D eigenvalue weighted by Crippen LogP contribution is -2.27. The van der Waals surface area contributed by atoms with Crippen LogP contribution in [0, 0.1) is 0 Å². The van der Waals surface area contributed by atoms with Crippen molar-refractivity contribution in [2.75, 3.05) is 13.7 Å². The number of likely N-dealkylation sites (N-methyl/N-ethyl adjacent to an activating group) is 1. The molecule has 1 aliphatic rings. The molecule has 0 atom stereocenters. The number of thioether (sulfide) groups is 1. The highest BCUT2D eigenvalue weighted by molar-refractivity contribution is 8.26. The SMILES string of the molecule is CCN1C(=O)/C(=C\c2ccc(OC(C)=O)c(OC)c2)SC1=S. The molecule has 0 bridgehead atoms. The van der Waals surface area contributed by atoms with Crippen LogP contribution in [0.3, 0.4) is 0 Å². The van der Waals surface area contributed by atoms with Crippen molar-refractivity contribution in [1.82, 2.24) is 4.90 Å². The number of carbonyl (C=O) groups is 2. The average Bonchev–Trinajstić information content (AvgIpc) is 2.74. The van der Waals surface area contributed by atoms with Crippen molar-refractivity contribution in [3.05, 3.63) is 28.7 Å². The van der Waals surface area contributed by atoms with Gasteiger partial charge in [0.2, 0.25) is 0 Å². The van der Waals surface area contributed by atoms with Gasteiger partial charge in [-0.05, 0) is 30.7 Å². The second-order valence-electron chi connectivity index (χ2n) is 4.43. The number of rotatable bonds is 4. The Hall–Kier alpha value is -1.86. The van der Waals surface area contributed by atoms with Gasteiger partial charge < -0.3 is 9.47 Å². The van der Waals surface area contributed by atoms with Crippen molar-refractivity contribution < 1.29 is 19.1 Å². The van der Waals surface area contributed by atoms with Crippen LogP contribution in [0.4, 0.5) is 0 Å². The molecule has 0 N–H and O–H groups in total. The molecule has 5 nitrogen and oxygen atoms in total. The quantitative estimate of drug-likeness (QED) is 0.364. The first kappa shape index (κ1) is 16.5. The lowest BCUT2D eigenvalue weighted by atomic mass is 10.2. The van der Waals surface area contributed by atoms with Gasteiger partial charge in [-0.25, -0.2) is 0 Å². The summed E-state index contributed by atoms with van der Waals surface area (Å²) in [4.78, 5) is 25.3. The van der Waals surface area contributed by atoms with Crippen LogP contribution < -0.4 is 9.47 Å². The molecule has 22 heavy (non-hydrogen) atoms. The fraction of sp³-hybridized carbons (Fsp3) is 0.267. The number of benzene rings is 1. The monoisotopic (exact) mass is 337 g/mol. The van der Waals surface area contributed by atoms with Crippen LogP contribution >= 0.6 is 24.0 Å². The first-order chi connectivity index (χ1) is 10.5. The zero-order valence-electron chi connectivity index (χ0n) is 12.4. The average molecular weight is 337 g/mol. The van der Waals surface area contributed by atoms with Crippen molar-refractivity contribution >= 4 is 46.3 Å². The normalized spacial score (nSPS) is 16.3. The van der Waals surface area contributed by atoms with Gasteiger partial charge in [0.15, 0.2) is 11.5 Å². The topological polar surface area (TPSA) is 55.8 Å². The van der Waals surface area contributed by atoms with Crippen LogP contribution in [0.5, 0.6) is 11.5 Å². The van der Waals surface area contributed by atoms with E-state index in [1.807, 2.05) is 6.92 Å². The molecule has 1 amide bonds. The number of amides is 1. The summed E-state index contributed by atoms with van der Waals surface area (Å²) in [5, 5.41) is 0. The van der Waals surface area contributed by atoms with Crippen molar-refractivity contribution in [2.45, 2.75) is 13.8 Å². The largest absolute Gasteiger partial charge is 0.493 e. The van der Waals surface area contributed by atoms with Gasteiger partial charge in [-0.1, -0.05) is 30.0 Å². The van der Waals surface area contributed by atoms with Gasteiger partial charge >= 0.3 is 5.97 Å². The molecule has 116 valence electrons. The third-order valence-corrected chi connectivity index (χ3v) is 4.31. The van der Waals surface area contributed by atoms with Crippen molar-refractivity contribution in [3.63, 3.8) is 0 Å².